The number of rotatable bonds is 4. The zero-order valence-corrected chi connectivity index (χ0v) is 17.7. The van der Waals surface area contributed by atoms with E-state index in [2.05, 4.69) is 38.6 Å². The van der Waals surface area contributed by atoms with E-state index >= 15 is 0 Å². The normalized spacial score (nSPS) is 24.6. The number of halogens is 1. The van der Waals surface area contributed by atoms with Gasteiger partial charge in [0.15, 0.2) is 0 Å². The van der Waals surface area contributed by atoms with Gasteiger partial charge in [0.05, 0.1) is 5.56 Å². The molecule has 1 amide bonds. The summed E-state index contributed by atoms with van der Waals surface area (Å²) >= 11 is 3.44. The average Bonchev–Trinajstić information content (AvgIpc) is 3.48. The molecule has 29 heavy (non-hydrogen) atoms. The first-order valence-corrected chi connectivity index (χ1v) is 11.9. The van der Waals surface area contributed by atoms with Crippen molar-refractivity contribution in [2.24, 2.45) is 5.92 Å². The molecule has 3 nitrogen and oxygen atoms in total. The molecule has 0 bridgehead atoms. The zero-order chi connectivity index (χ0) is 19.8. The van der Waals surface area contributed by atoms with Crippen LogP contribution in [0.15, 0.2) is 57.9 Å². The summed E-state index contributed by atoms with van der Waals surface area (Å²) in [5, 5.41) is 8.65. The summed E-state index contributed by atoms with van der Waals surface area (Å²) < 4.78 is 14.3. The van der Waals surface area contributed by atoms with Crippen LogP contribution in [0.5, 0.6) is 0 Å². The molecule has 0 spiro atoms. The zero-order valence-electron chi connectivity index (χ0n) is 16.0. The van der Waals surface area contributed by atoms with Crippen LogP contribution in [-0.4, -0.2) is 41.4 Å². The summed E-state index contributed by atoms with van der Waals surface area (Å²) in [6.45, 7) is 3.58. The largest absolute Gasteiger partial charge is 0.335 e. The van der Waals surface area contributed by atoms with E-state index in [1.165, 1.54) is 17.2 Å². The first-order valence-electron chi connectivity index (χ1n) is 10.0. The molecule has 2 aliphatic rings. The van der Waals surface area contributed by atoms with Crippen molar-refractivity contribution in [3.8, 4) is 0 Å². The quantitative estimate of drug-likeness (QED) is 0.581. The van der Waals surface area contributed by atoms with Crippen molar-refractivity contribution in [3.63, 3.8) is 0 Å². The Morgan fingerprint density at radius 1 is 1.07 bits per heavy atom. The Bertz CT molecular complexity index is 973. The Balaban J connectivity index is 1.41. The standard InChI is InChI=1S/C23H23FN2OS2/c24-21-4-2-1-3-18(21)23(27)26-13-19(17-7-10-29-15-17)20-12-25(8-5-22(20)26)11-16-6-9-28-14-16/h1-4,6-7,9-10,14-15,19-20,22H,5,8,11-13H2/t19-,20-,22-/m1/s1. The second-order valence-electron chi connectivity index (χ2n) is 7.99. The maximum Gasteiger partial charge on any atom is 0.257 e. The minimum atomic E-state index is -0.428. The number of amides is 1. The first kappa shape index (κ1) is 19.0. The molecule has 2 saturated heterocycles. The Labute approximate surface area is 178 Å². The van der Waals surface area contributed by atoms with Gasteiger partial charge in [-0.2, -0.15) is 22.7 Å². The van der Waals surface area contributed by atoms with Crippen LogP contribution in [0.4, 0.5) is 4.39 Å². The molecule has 2 aromatic heterocycles. The van der Waals surface area contributed by atoms with Crippen molar-refractivity contribution >= 4 is 28.6 Å². The molecule has 0 radical (unpaired) electrons. The van der Waals surface area contributed by atoms with Crippen LogP contribution in [0, 0.1) is 11.7 Å². The number of benzene rings is 1. The molecule has 6 heteroatoms. The Morgan fingerprint density at radius 2 is 1.90 bits per heavy atom. The number of thiophene rings is 2. The molecule has 4 heterocycles. The summed E-state index contributed by atoms with van der Waals surface area (Å²) in [6.07, 6.45) is 0.940. The lowest BCUT2D eigenvalue weighted by Gasteiger charge is -2.38. The van der Waals surface area contributed by atoms with E-state index in [0.29, 0.717) is 18.4 Å². The van der Waals surface area contributed by atoms with Crippen LogP contribution in [0.3, 0.4) is 0 Å². The van der Waals surface area contributed by atoms with Gasteiger partial charge in [-0.25, -0.2) is 4.39 Å². The van der Waals surface area contributed by atoms with Crippen molar-refractivity contribution in [1.82, 2.24) is 9.80 Å². The summed E-state index contributed by atoms with van der Waals surface area (Å²) in [4.78, 5) is 17.7. The fourth-order valence-corrected chi connectivity index (χ4v) is 6.34. The van der Waals surface area contributed by atoms with Crippen LogP contribution in [0.2, 0.25) is 0 Å². The fourth-order valence-electron chi connectivity index (χ4n) is 4.95. The molecular formula is C23H23FN2OS2. The molecule has 3 aromatic rings. The van der Waals surface area contributed by atoms with E-state index in [-0.39, 0.29) is 17.5 Å². The molecule has 5 rings (SSSR count). The third-order valence-corrected chi connectivity index (χ3v) is 7.77. The number of hydrogen-bond acceptors (Lipinski definition) is 4. The lowest BCUT2D eigenvalue weighted by Crippen LogP contribution is -2.47. The van der Waals surface area contributed by atoms with Gasteiger partial charge < -0.3 is 4.90 Å². The Hall–Kier alpha value is -2.02. The van der Waals surface area contributed by atoms with Gasteiger partial charge in [-0.1, -0.05) is 12.1 Å². The van der Waals surface area contributed by atoms with E-state index in [1.54, 1.807) is 40.9 Å². The van der Waals surface area contributed by atoms with Gasteiger partial charge in [-0.05, 0) is 63.3 Å². The van der Waals surface area contributed by atoms with Gasteiger partial charge in [-0.15, -0.1) is 0 Å². The molecule has 1 aromatic carbocycles. The molecule has 150 valence electrons. The van der Waals surface area contributed by atoms with E-state index in [1.807, 2.05) is 4.90 Å². The first-order chi connectivity index (χ1) is 14.2. The minimum Gasteiger partial charge on any atom is -0.335 e. The summed E-state index contributed by atoms with van der Waals surface area (Å²) in [7, 11) is 0. The minimum absolute atomic E-state index is 0.165. The highest BCUT2D eigenvalue weighted by atomic mass is 32.1. The second kappa shape index (κ2) is 8.01. The predicted octanol–water partition coefficient (Wildman–Crippen LogP) is 5.08. The number of likely N-dealkylation sites (tertiary alicyclic amines) is 2. The van der Waals surface area contributed by atoms with Crippen molar-refractivity contribution in [2.45, 2.75) is 24.9 Å². The molecule has 2 aliphatic heterocycles. The van der Waals surface area contributed by atoms with Crippen LogP contribution in [-0.2, 0) is 6.54 Å². The van der Waals surface area contributed by atoms with Gasteiger partial charge in [0.2, 0.25) is 0 Å². The van der Waals surface area contributed by atoms with Crippen molar-refractivity contribution < 1.29 is 9.18 Å². The monoisotopic (exact) mass is 426 g/mol. The van der Waals surface area contributed by atoms with Crippen LogP contribution in [0.1, 0.15) is 33.8 Å². The van der Waals surface area contributed by atoms with Crippen molar-refractivity contribution in [2.75, 3.05) is 19.6 Å². The smallest absolute Gasteiger partial charge is 0.257 e. The number of nitrogens with zero attached hydrogens (tertiary/aromatic N) is 2. The van der Waals surface area contributed by atoms with Crippen molar-refractivity contribution in [3.05, 3.63) is 80.4 Å². The SMILES string of the molecule is O=C(c1ccccc1F)N1C[C@H](c2ccsc2)[C@H]2CN(Cc3ccsc3)CC[C@H]21. The Morgan fingerprint density at radius 3 is 2.66 bits per heavy atom. The van der Waals surface area contributed by atoms with Crippen LogP contribution < -0.4 is 0 Å². The molecule has 0 unspecified atom stereocenters. The second-order valence-corrected chi connectivity index (χ2v) is 9.55. The van der Waals surface area contributed by atoms with Gasteiger partial charge in [0.25, 0.3) is 5.91 Å². The highest BCUT2D eigenvalue weighted by Crippen LogP contribution is 2.43. The van der Waals surface area contributed by atoms with Crippen LogP contribution >= 0.6 is 22.7 Å². The maximum absolute atomic E-state index is 14.3. The van der Waals surface area contributed by atoms with Gasteiger partial charge in [0, 0.05) is 44.1 Å². The topological polar surface area (TPSA) is 23.6 Å². The third kappa shape index (κ3) is 3.65. The number of carbonyl (C=O) groups excluding carboxylic acids is 1. The molecule has 0 aliphatic carbocycles. The van der Waals surface area contributed by atoms with Gasteiger partial charge in [-0.3, -0.25) is 9.69 Å². The number of hydrogen-bond donors (Lipinski definition) is 0. The highest BCUT2D eigenvalue weighted by Gasteiger charge is 2.47. The molecule has 3 atom stereocenters. The Kier molecular flexibility index (Phi) is 5.24. The molecule has 0 saturated carbocycles. The van der Waals surface area contributed by atoms with E-state index in [9.17, 15) is 9.18 Å². The summed E-state index contributed by atoms with van der Waals surface area (Å²) in [5.74, 6) is 0.102. The molecule has 2 fully saturated rings. The number of fused-ring (bicyclic) bond motifs is 1. The average molecular weight is 427 g/mol. The number of carbonyl (C=O) groups is 1. The fraction of sp³-hybridized carbons (Fsp3) is 0.348. The highest BCUT2D eigenvalue weighted by molar-refractivity contribution is 7.08. The lowest BCUT2D eigenvalue weighted by atomic mass is 9.82. The third-order valence-electron chi connectivity index (χ3n) is 6.34. The van der Waals surface area contributed by atoms with Gasteiger partial charge >= 0.3 is 0 Å². The van der Waals surface area contributed by atoms with E-state index in [0.717, 1.165) is 26.1 Å². The van der Waals surface area contributed by atoms with E-state index < -0.39 is 5.82 Å². The van der Waals surface area contributed by atoms with Crippen molar-refractivity contribution in [1.29, 1.82) is 0 Å². The molecular weight excluding hydrogens is 403 g/mol. The number of piperidine rings is 1. The van der Waals surface area contributed by atoms with Gasteiger partial charge in [0.1, 0.15) is 5.82 Å². The molecule has 0 N–H and O–H groups in total. The summed E-state index contributed by atoms with van der Waals surface area (Å²) in [6, 6.07) is 10.9. The predicted molar refractivity (Wildman–Crippen MR) is 116 cm³/mol. The summed E-state index contributed by atoms with van der Waals surface area (Å²) in [5.41, 5.74) is 2.86. The van der Waals surface area contributed by atoms with Crippen LogP contribution in [0.25, 0.3) is 0 Å². The maximum atomic E-state index is 14.3. The lowest BCUT2D eigenvalue weighted by molar-refractivity contribution is 0.0610. The van der Waals surface area contributed by atoms with E-state index in [4.69, 9.17) is 0 Å².